The van der Waals surface area contributed by atoms with Crippen molar-refractivity contribution in [3.8, 4) is 0 Å². The number of nitrogens with one attached hydrogen (secondary N) is 1. The minimum atomic E-state index is -0.773. The average molecular weight is 303 g/mol. The number of amides is 1. The maximum atomic E-state index is 11.8. The summed E-state index contributed by atoms with van der Waals surface area (Å²) in [4.78, 5) is 22.4. The van der Waals surface area contributed by atoms with Gasteiger partial charge in [-0.2, -0.15) is 11.8 Å². The molecule has 0 aliphatic heterocycles. The molecule has 0 aromatic heterocycles. The van der Waals surface area contributed by atoms with Crippen molar-refractivity contribution in [1.29, 1.82) is 0 Å². The second kappa shape index (κ2) is 7.76. The van der Waals surface area contributed by atoms with Crippen LogP contribution in [0.15, 0.2) is 0 Å². The van der Waals surface area contributed by atoms with Gasteiger partial charge in [-0.05, 0) is 33.6 Å². The molecule has 0 saturated heterocycles. The van der Waals surface area contributed by atoms with Crippen LogP contribution in [-0.4, -0.2) is 39.8 Å². The molecule has 2 N–H and O–H groups in total. The van der Waals surface area contributed by atoms with Crippen molar-refractivity contribution in [2.75, 3.05) is 5.75 Å². The van der Waals surface area contributed by atoms with Gasteiger partial charge in [0.05, 0.1) is 6.42 Å². The molecular formula is C14H25NO4S. The summed E-state index contributed by atoms with van der Waals surface area (Å²) in [5, 5.41) is 11.9. The van der Waals surface area contributed by atoms with E-state index in [1.54, 1.807) is 11.8 Å². The number of hydrogen-bond acceptors (Lipinski definition) is 4. The Hall–Kier alpha value is -0.910. The van der Waals surface area contributed by atoms with E-state index in [0.29, 0.717) is 5.75 Å². The zero-order chi connectivity index (χ0) is 15.2. The molecule has 20 heavy (non-hydrogen) atoms. The van der Waals surface area contributed by atoms with Crippen molar-refractivity contribution in [1.82, 2.24) is 5.32 Å². The molecule has 116 valence electrons. The minimum absolute atomic E-state index is 0.0809. The van der Waals surface area contributed by atoms with E-state index in [1.807, 2.05) is 20.8 Å². The van der Waals surface area contributed by atoms with Crippen LogP contribution >= 0.6 is 11.8 Å². The Morgan fingerprint density at radius 3 is 2.55 bits per heavy atom. The fraction of sp³-hybridized carbons (Fsp3) is 0.857. The zero-order valence-electron chi connectivity index (χ0n) is 12.5. The number of carboxylic acids is 1. The summed E-state index contributed by atoms with van der Waals surface area (Å²) < 4.78 is 5.28. The highest BCUT2D eigenvalue weighted by Crippen LogP contribution is 2.29. The lowest BCUT2D eigenvalue weighted by molar-refractivity contribution is -0.136. The molecule has 1 aliphatic rings. The van der Waals surface area contributed by atoms with Crippen molar-refractivity contribution >= 4 is 23.8 Å². The molecule has 2 atom stereocenters. The molecule has 0 aromatic rings. The molecule has 0 unspecified atom stereocenters. The third kappa shape index (κ3) is 7.03. The Balaban J connectivity index is 2.43. The molecule has 1 saturated carbocycles. The topological polar surface area (TPSA) is 75.6 Å². The van der Waals surface area contributed by atoms with Gasteiger partial charge in [-0.15, -0.1) is 0 Å². The second-order valence-electron chi connectivity index (χ2n) is 6.09. The van der Waals surface area contributed by atoms with E-state index in [-0.39, 0.29) is 23.8 Å². The summed E-state index contributed by atoms with van der Waals surface area (Å²) >= 11 is 1.64. The first-order valence-corrected chi connectivity index (χ1v) is 8.16. The lowest BCUT2D eigenvalue weighted by Gasteiger charge is -2.32. The van der Waals surface area contributed by atoms with E-state index >= 15 is 0 Å². The highest BCUT2D eigenvalue weighted by Gasteiger charge is 2.28. The van der Waals surface area contributed by atoms with Gasteiger partial charge in [0.25, 0.3) is 0 Å². The Morgan fingerprint density at radius 2 is 1.95 bits per heavy atom. The number of carboxylic acid groups (broad SMARTS) is 1. The molecule has 0 heterocycles. The fourth-order valence-corrected chi connectivity index (χ4v) is 3.58. The number of carbonyl (C=O) groups is 2. The smallest absolute Gasteiger partial charge is 0.407 e. The van der Waals surface area contributed by atoms with Gasteiger partial charge in [-0.3, -0.25) is 4.79 Å². The molecule has 0 spiro atoms. The van der Waals surface area contributed by atoms with Gasteiger partial charge in [0.2, 0.25) is 0 Å². The normalized spacial score (nSPS) is 23.1. The van der Waals surface area contributed by atoms with Crippen LogP contribution in [0.4, 0.5) is 4.79 Å². The number of alkyl carbamates (subject to hydrolysis) is 1. The highest BCUT2D eigenvalue weighted by molar-refractivity contribution is 7.99. The van der Waals surface area contributed by atoms with Gasteiger partial charge < -0.3 is 15.2 Å². The van der Waals surface area contributed by atoms with E-state index in [4.69, 9.17) is 9.84 Å². The lowest BCUT2D eigenvalue weighted by atomic mass is 9.95. The molecular weight excluding hydrogens is 278 g/mol. The monoisotopic (exact) mass is 303 g/mol. The number of ether oxygens (including phenoxy) is 1. The summed E-state index contributed by atoms with van der Waals surface area (Å²) in [6.07, 6.45) is 3.97. The number of aliphatic carboxylic acids is 1. The maximum absolute atomic E-state index is 11.8. The molecule has 0 bridgehead atoms. The van der Waals surface area contributed by atoms with E-state index in [2.05, 4.69) is 5.32 Å². The van der Waals surface area contributed by atoms with E-state index < -0.39 is 11.6 Å². The number of thioether (sulfide) groups is 1. The van der Waals surface area contributed by atoms with Crippen LogP contribution in [0.5, 0.6) is 0 Å². The van der Waals surface area contributed by atoms with Crippen molar-refractivity contribution < 1.29 is 19.4 Å². The standard InChI is InChI=1S/C14H25NO4S/c1-14(2,3)19-13(18)15-10-6-4-5-7-11(10)20-9-8-12(16)17/h10-11H,4-9H2,1-3H3,(H,15,18)(H,16,17)/t10-,11-/m0/s1. The molecule has 1 fully saturated rings. The number of carbonyl (C=O) groups excluding carboxylic acids is 1. The minimum Gasteiger partial charge on any atom is -0.481 e. The number of rotatable bonds is 5. The average Bonchev–Trinajstić information content (AvgIpc) is 2.28. The summed E-state index contributed by atoms with van der Waals surface area (Å²) in [5.74, 6) is -0.183. The van der Waals surface area contributed by atoms with Crippen LogP contribution in [0, 0.1) is 0 Å². The quantitative estimate of drug-likeness (QED) is 0.816. The summed E-state index contributed by atoms with van der Waals surface area (Å²) in [7, 11) is 0. The molecule has 0 radical (unpaired) electrons. The van der Waals surface area contributed by atoms with Gasteiger partial charge in [0.15, 0.2) is 0 Å². The largest absolute Gasteiger partial charge is 0.481 e. The molecule has 6 heteroatoms. The van der Waals surface area contributed by atoms with Crippen LogP contribution in [0.3, 0.4) is 0 Å². The van der Waals surface area contributed by atoms with Crippen molar-refractivity contribution in [3.05, 3.63) is 0 Å². The van der Waals surface area contributed by atoms with Crippen LogP contribution in [0.2, 0.25) is 0 Å². The number of hydrogen-bond donors (Lipinski definition) is 2. The van der Waals surface area contributed by atoms with Crippen LogP contribution in [-0.2, 0) is 9.53 Å². The van der Waals surface area contributed by atoms with Gasteiger partial charge in [-0.1, -0.05) is 12.8 Å². The molecule has 0 aromatic carbocycles. The summed E-state index contributed by atoms with van der Waals surface area (Å²) in [6, 6.07) is 0.0809. The lowest BCUT2D eigenvalue weighted by Crippen LogP contribution is -2.45. The van der Waals surface area contributed by atoms with Gasteiger partial charge >= 0.3 is 12.1 Å². The SMILES string of the molecule is CC(C)(C)OC(=O)N[C@H]1CCCC[C@@H]1SCCC(=O)O. The summed E-state index contributed by atoms with van der Waals surface area (Å²) in [6.45, 7) is 5.52. The van der Waals surface area contributed by atoms with E-state index in [1.165, 1.54) is 0 Å². The van der Waals surface area contributed by atoms with Crippen LogP contribution in [0.1, 0.15) is 52.9 Å². The second-order valence-corrected chi connectivity index (χ2v) is 7.44. The first-order chi connectivity index (χ1) is 9.28. The first kappa shape index (κ1) is 17.1. The molecule has 5 nitrogen and oxygen atoms in total. The van der Waals surface area contributed by atoms with Gasteiger partial charge in [0, 0.05) is 17.0 Å². The third-order valence-electron chi connectivity index (χ3n) is 3.05. The molecule has 1 aliphatic carbocycles. The highest BCUT2D eigenvalue weighted by atomic mass is 32.2. The van der Waals surface area contributed by atoms with E-state index in [0.717, 1.165) is 25.7 Å². The van der Waals surface area contributed by atoms with Crippen molar-refractivity contribution in [2.45, 2.75) is 69.8 Å². The zero-order valence-corrected chi connectivity index (χ0v) is 13.3. The fourth-order valence-electron chi connectivity index (χ4n) is 2.22. The van der Waals surface area contributed by atoms with Crippen LogP contribution in [0.25, 0.3) is 0 Å². The molecule has 1 rings (SSSR count). The predicted molar refractivity (Wildman–Crippen MR) is 80.1 cm³/mol. The Bertz CT molecular complexity index is 341. The predicted octanol–water partition coefficient (Wildman–Crippen LogP) is 3.03. The third-order valence-corrected chi connectivity index (χ3v) is 4.48. The first-order valence-electron chi connectivity index (χ1n) is 7.11. The Labute approximate surface area is 124 Å². The van der Waals surface area contributed by atoms with Crippen molar-refractivity contribution in [2.24, 2.45) is 0 Å². The Morgan fingerprint density at radius 1 is 1.30 bits per heavy atom. The van der Waals surface area contributed by atoms with Gasteiger partial charge in [0.1, 0.15) is 5.60 Å². The van der Waals surface area contributed by atoms with E-state index in [9.17, 15) is 9.59 Å². The summed E-state index contributed by atoms with van der Waals surface area (Å²) in [5.41, 5.74) is -0.495. The maximum Gasteiger partial charge on any atom is 0.407 e. The van der Waals surface area contributed by atoms with Crippen molar-refractivity contribution in [3.63, 3.8) is 0 Å². The molecule has 1 amide bonds. The van der Waals surface area contributed by atoms with Crippen LogP contribution < -0.4 is 5.32 Å². The Kier molecular flexibility index (Phi) is 6.65. The van der Waals surface area contributed by atoms with Gasteiger partial charge in [-0.25, -0.2) is 4.79 Å².